The van der Waals surface area contributed by atoms with Gasteiger partial charge in [-0.15, -0.1) is 0 Å². The van der Waals surface area contributed by atoms with E-state index in [-0.39, 0.29) is 5.92 Å². The van der Waals surface area contributed by atoms with Crippen LogP contribution in [0.2, 0.25) is 0 Å². The van der Waals surface area contributed by atoms with Crippen molar-refractivity contribution in [3.05, 3.63) is 0 Å². The van der Waals surface area contributed by atoms with Crippen LogP contribution in [0.5, 0.6) is 0 Å². The Labute approximate surface area is 193 Å². The van der Waals surface area contributed by atoms with Crippen LogP contribution in [0.15, 0.2) is 0 Å². The molecule has 12 nitrogen and oxygen atoms in total. The summed E-state index contributed by atoms with van der Waals surface area (Å²) in [4.78, 5) is 60.0. The van der Waals surface area contributed by atoms with Crippen LogP contribution in [0.3, 0.4) is 0 Å². The lowest BCUT2D eigenvalue weighted by atomic mass is 9.97. The number of carbonyl (C=O) groups is 5. The third-order valence-electron chi connectivity index (χ3n) is 4.90. The maximum absolute atomic E-state index is 12.9. The highest BCUT2D eigenvalue weighted by Crippen LogP contribution is 2.10. The summed E-state index contributed by atoms with van der Waals surface area (Å²) in [6.07, 6.45) is -1.97. The highest BCUT2D eigenvalue weighted by molar-refractivity contribution is 5.94. The molecule has 0 radical (unpaired) electrons. The minimum Gasteiger partial charge on any atom is -0.481 e. The van der Waals surface area contributed by atoms with E-state index < -0.39 is 78.2 Å². The third kappa shape index (κ3) is 10.6. The molecule has 33 heavy (non-hydrogen) atoms. The van der Waals surface area contributed by atoms with E-state index >= 15 is 0 Å². The minimum atomic E-state index is -1.67. The van der Waals surface area contributed by atoms with Crippen molar-refractivity contribution in [2.45, 2.75) is 84.7 Å². The van der Waals surface area contributed by atoms with Crippen molar-refractivity contribution in [2.75, 3.05) is 0 Å². The second kappa shape index (κ2) is 13.7. The fraction of sp³-hybridized carbons (Fsp3) is 0.762. The predicted molar refractivity (Wildman–Crippen MR) is 119 cm³/mol. The molecule has 0 saturated heterocycles. The predicted octanol–water partition coefficient (Wildman–Crippen LogP) is -0.954. The van der Waals surface area contributed by atoms with Crippen LogP contribution in [0.1, 0.15) is 54.4 Å². The van der Waals surface area contributed by atoms with Gasteiger partial charge in [-0.3, -0.25) is 19.2 Å². The fourth-order valence-electron chi connectivity index (χ4n) is 3.06. The number of aliphatic hydroxyl groups is 1. The zero-order valence-corrected chi connectivity index (χ0v) is 20.0. The number of carboxylic acids is 2. The van der Waals surface area contributed by atoms with Crippen LogP contribution < -0.4 is 21.7 Å². The number of carbonyl (C=O) groups excluding carboxylic acids is 3. The quantitative estimate of drug-likeness (QED) is 0.165. The molecule has 0 unspecified atom stereocenters. The summed E-state index contributed by atoms with van der Waals surface area (Å²) in [5.41, 5.74) is 5.86. The van der Waals surface area contributed by atoms with Gasteiger partial charge in [-0.1, -0.05) is 41.5 Å². The second-order valence-corrected chi connectivity index (χ2v) is 9.20. The molecule has 0 rings (SSSR count). The number of aliphatic carboxylic acids is 2. The molecule has 190 valence electrons. The molecule has 5 atom stereocenters. The molecule has 0 aliphatic carbocycles. The van der Waals surface area contributed by atoms with E-state index in [1.807, 2.05) is 13.8 Å². The van der Waals surface area contributed by atoms with Crippen molar-refractivity contribution in [2.24, 2.45) is 23.5 Å². The average molecular weight is 475 g/mol. The number of amides is 3. The van der Waals surface area contributed by atoms with E-state index in [2.05, 4.69) is 16.0 Å². The zero-order valence-electron chi connectivity index (χ0n) is 20.0. The van der Waals surface area contributed by atoms with Gasteiger partial charge < -0.3 is 37.0 Å². The molecular weight excluding hydrogens is 436 g/mol. The Kier molecular flexibility index (Phi) is 12.6. The van der Waals surface area contributed by atoms with Gasteiger partial charge in [-0.05, 0) is 24.2 Å². The molecule has 0 aromatic heterocycles. The first-order valence-electron chi connectivity index (χ1n) is 10.9. The van der Waals surface area contributed by atoms with Gasteiger partial charge in [0.2, 0.25) is 11.8 Å². The first kappa shape index (κ1) is 30.3. The van der Waals surface area contributed by atoms with E-state index in [1.165, 1.54) is 0 Å². The highest BCUT2D eigenvalue weighted by Gasteiger charge is 2.34. The van der Waals surface area contributed by atoms with Crippen molar-refractivity contribution < 1.29 is 39.3 Å². The van der Waals surface area contributed by atoms with Crippen LogP contribution in [-0.4, -0.2) is 75.3 Å². The lowest BCUT2D eigenvalue weighted by Crippen LogP contribution is -2.60. The fourth-order valence-corrected chi connectivity index (χ4v) is 3.06. The van der Waals surface area contributed by atoms with Gasteiger partial charge in [0.05, 0.1) is 6.42 Å². The summed E-state index contributed by atoms with van der Waals surface area (Å²) in [7, 11) is 0. The molecule has 0 spiro atoms. The van der Waals surface area contributed by atoms with Crippen molar-refractivity contribution >= 4 is 29.7 Å². The number of carboxylic acid groups (broad SMARTS) is 2. The molecule has 0 aliphatic rings. The van der Waals surface area contributed by atoms with Gasteiger partial charge in [-0.2, -0.15) is 0 Å². The largest absolute Gasteiger partial charge is 0.481 e. The van der Waals surface area contributed by atoms with E-state index in [0.29, 0.717) is 6.42 Å². The molecule has 0 bridgehead atoms. The van der Waals surface area contributed by atoms with Crippen LogP contribution in [-0.2, 0) is 24.0 Å². The van der Waals surface area contributed by atoms with Crippen molar-refractivity contribution in [3.63, 3.8) is 0 Å². The first-order chi connectivity index (χ1) is 15.1. The molecule has 0 aromatic carbocycles. The summed E-state index contributed by atoms with van der Waals surface area (Å²) in [5, 5.41) is 35.2. The Hall–Kier alpha value is -2.73. The van der Waals surface area contributed by atoms with Crippen molar-refractivity contribution in [3.8, 4) is 0 Å². The van der Waals surface area contributed by atoms with Gasteiger partial charge in [0.15, 0.2) is 0 Å². The van der Waals surface area contributed by atoms with Gasteiger partial charge >= 0.3 is 11.9 Å². The zero-order chi connectivity index (χ0) is 26.0. The standard InChI is InChI=1S/C21H38N4O8/c1-9(2)7-12(22)17(28)20(31)25-16(11(5)6)19(30)24-15(10(3)4)18(29)23-13(21(32)33)8-14(26)27/h9-13,15-17,28H,7-8,22H2,1-6H3,(H,23,29)(H,24,30)(H,25,31)(H,26,27)(H,32,33)/t12-,13+,15-,16-,17-/m0/s1. The second-order valence-electron chi connectivity index (χ2n) is 9.20. The van der Waals surface area contributed by atoms with Crippen molar-refractivity contribution in [1.29, 1.82) is 0 Å². The Bertz CT molecular complexity index is 710. The molecule has 8 N–H and O–H groups in total. The van der Waals surface area contributed by atoms with Gasteiger partial charge in [-0.25, -0.2) is 4.79 Å². The van der Waals surface area contributed by atoms with Gasteiger partial charge in [0.25, 0.3) is 5.91 Å². The molecule has 0 heterocycles. The summed E-state index contributed by atoms with van der Waals surface area (Å²) < 4.78 is 0. The summed E-state index contributed by atoms with van der Waals surface area (Å²) in [5.74, 6) is -6.12. The normalized spacial score (nSPS) is 16.0. The maximum atomic E-state index is 12.9. The Balaban J connectivity index is 5.41. The monoisotopic (exact) mass is 474 g/mol. The summed E-state index contributed by atoms with van der Waals surface area (Å²) >= 11 is 0. The Morgan fingerprint density at radius 2 is 1.18 bits per heavy atom. The van der Waals surface area contributed by atoms with Crippen LogP contribution in [0, 0.1) is 17.8 Å². The number of aliphatic hydroxyl groups excluding tert-OH is 1. The highest BCUT2D eigenvalue weighted by atomic mass is 16.4. The molecular formula is C21H38N4O8. The number of hydrogen-bond acceptors (Lipinski definition) is 7. The molecule has 12 heteroatoms. The number of nitrogens with one attached hydrogen (secondary N) is 3. The topological polar surface area (TPSA) is 208 Å². The van der Waals surface area contributed by atoms with E-state index in [0.717, 1.165) is 0 Å². The average Bonchev–Trinajstić information content (AvgIpc) is 2.66. The van der Waals surface area contributed by atoms with E-state index in [1.54, 1.807) is 27.7 Å². The number of nitrogens with two attached hydrogens (primary N) is 1. The van der Waals surface area contributed by atoms with E-state index in [4.69, 9.17) is 15.9 Å². The smallest absolute Gasteiger partial charge is 0.326 e. The lowest BCUT2D eigenvalue weighted by molar-refractivity contribution is -0.147. The van der Waals surface area contributed by atoms with Crippen LogP contribution in [0.25, 0.3) is 0 Å². The summed E-state index contributed by atoms with van der Waals surface area (Å²) in [6.45, 7) is 10.3. The Morgan fingerprint density at radius 3 is 1.55 bits per heavy atom. The van der Waals surface area contributed by atoms with E-state index in [9.17, 15) is 29.1 Å². The molecule has 0 saturated carbocycles. The SMILES string of the molecule is CC(C)C[C@H](N)[C@H](O)C(=O)N[C@H](C(=O)N[C@H](C(=O)N[C@H](CC(=O)O)C(=O)O)C(C)C)C(C)C. The van der Waals surface area contributed by atoms with Crippen LogP contribution >= 0.6 is 0 Å². The lowest BCUT2D eigenvalue weighted by Gasteiger charge is -2.29. The minimum absolute atomic E-state index is 0.146. The van der Waals surface area contributed by atoms with Crippen LogP contribution in [0.4, 0.5) is 0 Å². The first-order valence-corrected chi connectivity index (χ1v) is 10.9. The molecule has 0 aromatic rings. The van der Waals surface area contributed by atoms with Gasteiger partial charge in [0.1, 0.15) is 24.2 Å². The molecule has 0 fully saturated rings. The number of rotatable bonds is 14. The maximum Gasteiger partial charge on any atom is 0.326 e. The molecule has 0 aliphatic heterocycles. The van der Waals surface area contributed by atoms with Gasteiger partial charge in [0, 0.05) is 6.04 Å². The third-order valence-corrected chi connectivity index (χ3v) is 4.90. The number of hydrogen-bond donors (Lipinski definition) is 7. The molecule has 3 amide bonds. The Morgan fingerprint density at radius 1 is 0.758 bits per heavy atom. The van der Waals surface area contributed by atoms with Crippen molar-refractivity contribution in [1.82, 2.24) is 16.0 Å². The summed E-state index contributed by atoms with van der Waals surface area (Å²) in [6, 6.07) is -4.80.